The largest absolute Gasteiger partial charge is 0.497 e. The van der Waals surface area contributed by atoms with Crippen molar-refractivity contribution < 1.29 is 9.53 Å². The maximum absolute atomic E-state index is 12.8. The normalized spacial score (nSPS) is 11.3. The highest BCUT2D eigenvalue weighted by Crippen LogP contribution is 2.29. The van der Waals surface area contributed by atoms with Gasteiger partial charge in [-0.15, -0.1) is 0 Å². The van der Waals surface area contributed by atoms with E-state index in [0.29, 0.717) is 11.3 Å². The summed E-state index contributed by atoms with van der Waals surface area (Å²) >= 11 is 1.42. The number of imidazole rings is 1. The van der Waals surface area contributed by atoms with Gasteiger partial charge in [-0.3, -0.25) is 9.20 Å². The molecule has 2 aromatic heterocycles. The number of methoxy groups -OCH3 is 1. The Morgan fingerprint density at radius 2 is 1.76 bits per heavy atom. The van der Waals surface area contributed by atoms with Crippen molar-refractivity contribution in [2.24, 2.45) is 0 Å². The van der Waals surface area contributed by atoms with Gasteiger partial charge in [-0.05, 0) is 36.4 Å². The number of benzene rings is 3. The summed E-state index contributed by atoms with van der Waals surface area (Å²) in [5.74, 6) is 0.981. The Labute approximate surface area is 171 Å². The highest BCUT2D eigenvalue weighted by atomic mass is 32.2. The van der Waals surface area contributed by atoms with Crippen LogP contribution in [0.3, 0.4) is 0 Å². The summed E-state index contributed by atoms with van der Waals surface area (Å²) in [5.41, 5.74) is 4.24. The topological polar surface area (TPSA) is 56.5 Å². The van der Waals surface area contributed by atoms with Crippen molar-refractivity contribution in [3.05, 3.63) is 78.4 Å². The fourth-order valence-electron chi connectivity index (χ4n) is 3.42. The number of ether oxygens (including phenoxy) is 1. The molecule has 29 heavy (non-hydrogen) atoms. The van der Waals surface area contributed by atoms with Crippen LogP contribution in [0.15, 0.2) is 78.0 Å². The van der Waals surface area contributed by atoms with E-state index in [1.54, 1.807) is 19.2 Å². The van der Waals surface area contributed by atoms with Gasteiger partial charge >= 0.3 is 0 Å². The molecule has 5 aromatic rings. The summed E-state index contributed by atoms with van der Waals surface area (Å²) in [5, 5.41) is 1.75. The lowest BCUT2D eigenvalue weighted by Crippen LogP contribution is -2.05. The molecule has 0 amide bonds. The van der Waals surface area contributed by atoms with Gasteiger partial charge < -0.3 is 4.74 Å². The fourth-order valence-corrected chi connectivity index (χ4v) is 4.32. The Kier molecular flexibility index (Phi) is 4.41. The van der Waals surface area contributed by atoms with Crippen LogP contribution in [0.5, 0.6) is 5.75 Å². The van der Waals surface area contributed by atoms with Crippen molar-refractivity contribution in [2.45, 2.75) is 5.16 Å². The molecular formula is C23H17N3O2S. The summed E-state index contributed by atoms with van der Waals surface area (Å²) in [7, 11) is 1.60. The molecule has 6 heteroatoms. The van der Waals surface area contributed by atoms with Crippen LogP contribution in [-0.4, -0.2) is 33.0 Å². The first-order chi connectivity index (χ1) is 14.2. The SMILES string of the molecule is COc1cccc(C(=O)CSc2nc3ccccc3c3nc4ccccc4n23)c1. The van der Waals surface area contributed by atoms with Crippen LogP contribution in [-0.2, 0) is 0 Å². The molecule has 0 fully saturated rings. The lowest BCUT2D eigenvalue weighted by Gasteiger charge is -2.08. The molecule has 5 rings (SSSR count). The summed E-state index contributed by atoms with van der Waals surface area (Å²) < 4.78 is 7.27. The van der Waals surface area contributed by atoms with Gasteiger partial charge in [-0.2, -0.15) is 0 Å². The quantitative estimate of drug-likeness (QED) is 0.236. The van der Waals surface area contributed by atoms with Crippen LogP contribution < -0.4 is 4.74 Å². The third kappa shape index (κ3) is 3.11. The Balaban J connectivity index is 1.59. The lowest BCUT2D eigenvalue weighted by molar-refractivity contribution is 0.102. The van der Waals surface area contributed by atoms with E-state index in [0.717, 1.165) is 32.7 Å². The molecule has 0 N–H and O–H groups in total. The minimum atomic E-state index is 0.0291. The molecule has 0 saturated carbocycles. The molecule has 0 bridgehead atoms. The molecule has 0 aliphatic rings. The van der Waals surface area contributed by atoms with Gasteiger partial charge in [0, 0.05) is 10.9 Å². The van der Waals surface area contributed by atoms with Crippen molar-refractivity contribution in [1.29, 1.82) is 0 Å². The molecular weight excluding hydrogens is 382 g/mol. The number of carbonyl (C=O) groups excluding carboxylic acids is 1. The van der Waals surface area contributed by atoms with E-state index >= 15 is 0 Å². The van der Waals surface area contributed by atoms with Crippen LogP contribution in [0.4, 0.5) is 0 Å². The number of Topliss-reactive ketones (excluding diaryl/α,β-unsaturated/α-hetero) is 1. The van der Waals surface area contributed by atoms with Gasteiger partial charge in [0.05, 0.1) is 29.4 Å². The number of para-hydroxylation sites is 3. The van der Waals surface area contributed by atoms with Crippen molar-refractivity contribution in [1.82, 2.24) is 14.4 Å². The van der Waals surface area contributed by atoms with E-state index in [9.17, 15) is 4.79 Å². The van der Waals surface area contributed by atoms with E-state index < -0.39 is 0 Å². The van der Waals surface area contributed by atoms with Gasteiger partial charge in [-0.1, -0.05) is 48.2 Å². The number of hydrogen-bond donors (Lipinski definition) is 0. The van der Waals surface area contributed by atoms with Gasteiger partial charge in [0.2, 0.25) is 0 Å². The Morgan fingerprint density at radius 1 is 0.966 bits per heavy atom. The molecule has 3 aromatic carbocycles. The van der Waals surface area contributed by atoms with E-state index in [-0.39, 0.29) is 11.5 Å². The lowest BCUT2D eigenvalue weighted by atomic mass is 10.1. The molecule has 0 spiro atoms. The van der Waals surface area contributed by atoms with Crippen LogP contribution in [0.2, 0.25) is 0 Å². The molecule has 0 aliphatic carbocycles. The second kappa shape index (κ2) is 7.22. The molecule has 0 radical (unpaired) electrons. The van der Waals surface area contributed by atoms with Gasteiger partial charge in [0.1, 0.15) is 11.4 Å². The van der Waals surface area contributed by atoms with E-state index in [2.05, 4.69) is 0 Å². The fraction of sp³-hybridized carbons (Fsp3) is 0.0870. The molecule has 5 nitrogen and oxygen atoms in total. The predicted molar refractivity (Wildman–Crippen MR) is 116 cm³/mol. The van der Waals surface area contributed by atoms with Gasteiger partial charge in [0.15, 0.2) is 10.9 Å². The van der Waals surface area contributed by atoms with Crippen molar-refractivity contribution in [2.75, 3.05) is 12.9 Å². The summed E-state index contributed by atoms with van der Waals surface area (Å²) in [6.07, 6.45) is 0. The van der Waals surface area contributed by atoms with E-state index in [1.165, 1.54) is 11.8 Å². The van der Waals surface area contributed by atoms with Crippen molar-refractivity contribution in [3.8, 4) is 5.75 Å². The van der Waals surface area contributed by atoms with Crippen LogP contribution in [0.1, 0.15) is 10.4 Å². The van der Waals surface area contributed by atoms with E-state index in [4.69, 9.17) is 14.7 Å². The summed E-state index contributed by atoms with van der Waals surface area (Å²) in [6, 6.07) is 23.2. The predicted octanol–water partition coefficient (Wildman–Crippen LogP) is 5.02. The highest BCUT2D eigenvalue weighted by Gasteiger charge is 2.16. The minimum absolute atomic E-state index is 0.0291. The zero-order valence-corrected chi connectivity index (χ0v) is 16.5. The molecule has 0 unspecified atom stereocenters. The first-order valence-electron chi connectivity index (χ1n) is 9.20. The number of ketones is 1. The Hall–Kier alpha value is -3.38. The number of aromatic nitrogens is 3. The van der Waals surface area contributed by atoms with Crippen molar-refractivity contribution >= 4 is 45.1 Å². The number of thioether (sulfide) groups is 1. The molecule has 142 valence electrons. The maximum Gasteiger partial charge on any atom is 0.175 e. The second-order valence-electron chi connectivity index (χ2n) is 6.61. The Bertz CT molecular complexity index is 1380. The van der Waals surface area contributed by atoms with Crippen LogP contribution >= 0.6 is 11.8 Å². The molecule has 2 heterocycles. The van der Waals surface area contributed by atoms with Gasteiger partial charge in [-0.25, -0.2) is 9.97 Å². The average Bonchev–Trinajstić information content (AvgIpc) is 3.17. The van der Waals surface area contributed by atoms with Gasteiger partial charge in [0.25, 0.3) is 0 Å². The number of nitrogens with zero attached hydrogens (tertiary/aromatic N) is 3. The number of rotatable bonds is 5. The molecule has 0 aliphatic heterocycles. The van der Waals surface area contributed by atoms with Crippen LogP contribution in [0.25, 0.3) is 27.6 Å². The summed E-state index contributed by atoms with van der Waals surface area (Å²) in [6.45, 7) is 0. The first kappa shape index (κ1) is 17.7. The first-order valence-corrected chi connectivity index (χ1v) is 10.2. The number of carbonyl (C=O) groups is 1. The smallest absolute Gasteiger partial charge is 0.175 e. The third-order valence-electron chi connectivity index (χ3n) is 4.84. The molecule has 0 saturated heterocycles. The third-order valence-corrected chi connectivity index (χ3v) is 5.78. The van der Waals surface area contributed by atoms with Crippen LogP contribution in [0, 0.1) is 0 Å². The summed E-state index contributed by atoms with van der Waals surface area (Å²) in [4.78, 5) is 22.4. The maximum atomic E-state index is 12.8. The Morgan fingerprint density at radius 3 is 2.62 bits per heavy atom. The highest BCUT2D eigenvalue weighted by molar-refractivity contribution is 7.99. The number of hydrogen-bond acceptors (Lipinski definition) is 5. The molecule has 0 atom stereocenters. The van der Waals surface area contributed by atoms with E-state index in [1.807, 2.05) is 65.1 Å². The monoisotopic (exact) mass is 399 g/mol. The minimum Gasteiger partial charge on any atom is -0.497 e. The number of fused-ring (bicyclic) bond motifs is 5. The second-order valence-corrected chi connectivity index (χ2v) is 7.56. The standard InChI is InChI=1S/C23H17N3O2S/c1-28-16-8-6-7-15(13-16)21(27)14-29-23-25-18-10-3-2-9-17(18)22-24-19-11-4-5-12-20(19)26(22)23/h2-13H,14H2,1H3. The average molecular weight is 399 g/mol. The zero-order valence-electron chi connectivity index (χ0n) is 15.7. The van der Waals surface area contributed by atoms with Crippen molar-refractivity contribution in [3.63, 3.8) is 0 Å². The zero-order chi connectivity index (χ0) is 19.8.